The summed E-state index contributed by atoms with van der Waals surface area (Å²) in [6.45, 7) is 2.14. The molecule has 0 amide bonds. The molecule has 0 aliphatic rings. The number of phenols is 1. The molecule has 1 atom stereocenters. The lowest BCUT2D eigenvalue weighted by Gasteiger charge is -2.20. The molecule has 0 saturated carbocycles. The number of allylic oxidation sites excluding steroid dienone is 2. The summed E-state index contributed by atoms with van der Waals surface area (Å²) >= 11 is 0. The van der Waals surface area contributed by atoms with Gasteiger partial charge in [0.2, 0.25) is 0 Å². The summed E-state index contributed by atoms with van der Waals surface area (Å²) in [5.74, 6) is -0.316. The van der Waals surface area contributed by atoms with Gasteiger partial charge in [-0.2, -0.15) is 0 Å². The number of carbonyl (C=O) groups is 3. The number of methoxy groups -OCH3 is 2. The van der Waals surface area contributed by atoms with E-state index in [4.69, 9.17) is 4.74 Å². The smallest absolute Gasteiger partial charge is 0.328 e. The lowest BCUT2D eigenvalue weighted by molar-refractivity contribution is -0.143. The van der Waals surface area contributed by atoms with Crippen LogP contribution in [0.25, 0.3) is 0 Å². The van der Waals surface area contributed by atoms with Crippen LogP contribution in [0.4, 0.5) is 0 Å². The molecular formula is C29H45NO6. The summed E-state index contributed by atoms with van der Waals surface area (Å²) in [7, 11) is 2.77. The van der Waals surface area contributed by atoms with Crippen molar-refractivity contribution in [2.24, 2.45) is 0 Å². The molecule has 0 bridgehead atoms. The molecule has 0 aliphatic carbocycles. The molecular weight excluding hydrogens is 458 g/mol. The second kappa shape index (κ2) is 19.4. The van der Waals surface area contributed by atoms with Crippen molar-refractivity contribution in [1.29, 1.82) is 0 Å². The Labute approximate surface area is 216 Å². The first-order valence-electron chi connectivity index (χ1n) is 13.3. The molecule has 1 aromatic rings. The second-order valence-electron chi connectivity index (χ2n) is 9.23. The summed E-state index contributed by atoms with van der Waals surface area (Å²) in [6, 6.07) is 6.10. The fourth-order valence-electron chi connectivity index (χ4n) is 4.00. The molecule has 0 radical (unpaired) electrons. The van der Waals surface area contributed by atoms with Gasteiger partial charge in [0.05, 0.1) is 14.2 Å². The molecule has 7 heteroatoms. The van der Waals surface area contributed by atoms with Crippen LogP contribution in [0.2, 0.25) is 0 Å². The molecule has 1 rings (SSSR count). The zero-order valence-corrected chi connectivity index (χ0v) is 22.4. The summed E-state index contributed by atoms with van der Waals surface area (Å²) in [4.78, 5) is 36.3. The van der Waals surface area contributed by atoms with E-state index >= 15 is 0 Å². The van der Waals surface area contributed by atoms with Gasteiger partial charge < -0.3 is 19.9 Å². The first-order valence-corrected chi connectivity index (χ1v) is 13.3. The zero-order valence-electron chi connectivity index (χ0n) is 22.4. The van der Waals surface area contributed by atoms with Gasteiger partial charge in [-0.3, -0.25) is 9.59 Å². The van der Waals surface area contributed by atoms with E-state index in [9.17, 15) is 19.5 Å². The highest BCUT2D eigenvalue weighted by Crippen LogP contribution is 2.16. The third-order valence-corrected chi connectivity index (χ3v) is 6.14. The van der Waals surface area contributed by atoms with E-state index in [1.54, 1.807) is 30.3 Å². The van der Waals surface area contributed by atoms with Gasteiger partial charge in [-0.25, -0.2) is 4.79 Å². The molecule has 1 unspecified atom stereocenters. The number of aromatic hydroxyl groups is 1. The van der Waals surface area contributed by atoms with Crippen LogP contribution in [-0.4, -0.2) is 43.1 Å². The number of carbonyl (C=O) groups excluding carboxylic acids is 3. The van der Waals surface area contributed by atoms with Gasteiger partial charge in [0.1, 0.15) is 11.8 Å². The van der Waals surface area contributed by atoms with Crippen molar-refractivity contribution in [2.75, 3.05) is 14.2 Å². The van der Waals surface area contributed by atoms with Gasteiger partial charge in [0.25, 0.3) is 0 Å². The third-order valence-electron chi connectivity index (χ3n) is 6.14. The Bertz CT molecular complexity index is 802. The minimum absolute atomic E-state index is 0.0738. The van der Waals surface area contributed by atoms with Crippen LogP contribution < -0.4 is 5.32 Å². The number of hydrogen-bond donors (Lipinski definition) is 2. The Balaban J connectivity index is 2.71. The number of rotatable bonds is 20. The maximum atomic E-state index is 12.6. The van der Waals surface area contributed by atoms with E-state index in [-0.39, 0.29) is 17.5 Å². The van der Waals surface area contributed by atoms with Crippen LogP contribution in [0, 0.1) is 0 Å². The standard InChI is InChI=1S/C29H45NO6/c1-4-5-6-12-15-26(32)22-24(14-11-9-7-8-10-13-16-28(33)35-2)30-27(29(34)36-3)21-23-17-19-25(31)20-18-23/h17-20,22,27,30-31H,4-16,21H2,1-3H3/b24-22-. The minimum atomic E-state index is -0.628. The molecule has 0 aromatic heterocycles. The summed E-state index contributed by atoms with van der Waals surface area (Å²) in [5, 5.41) is 12.8. The molecule has 0 saturated heterocycles. The van der Waals surface area contributed by atoms with Crippen LogP contribution >= 0.6 is 0 Å². The fraction of sp³-hybridized carbons (Fsp3) is 0.621. The molecule has 202 valence electrons. The van der Waals surface area contributed by atoms with Crippen LogP contribution in [-0.2, 0) is 30.3 Å². The normalized spacial score (nSPS) is 12.1. The zero-order chi connectivity index (χ0) is 26.6. The monoisotopic (exact) mass is 503 g/mol. The number of unbranched alkanes of at least 4 members (excludes halogenated alkanes) is 8. The largest absolute Gasteiger partial charge is 0.508 e. The summed E-state index contributed by atoms with van der Waals surface area (Å²) in [5.41, 5.74) is 1.64. The second-order valence-corrected chi connectivity index (χ2v) is 9.23. The quantitative estimate of drug-likeness (QED) is 0.132. The number of benzene rings is 1. The van der Waals surface area contributed by atoms with Crippen molar-refractivity contribution in [1.82, 2.24) is 5.32 Å². The van der Waals surface area contributed by atoms with E-state index in [2.05, 4.69) is 17.0 Å². The summed E-state index contributed by atoms with van der Waals surface area (Å²) < 4.78 is 9.68. The van der Waals surface area contributed by atoms with Crippen LogP contribution in [0.1, 0.15) is 96.0 Å². The van der Waals surface area contributed by atoms with Crippen LogP contribution in [0.3, 0.4) is 0 Å². The summed E-state index contributed by atoms with van der Waals surface area (Å²) in [6.07, 6.45) is 13.7. The van der Waals surface area contributed by atoms with E-state index in [0.717, 1.165) is 75.5 Å². The fourth-order valence-corrected chi connectivity index (χ4v) is 4.00. The van der Waals surface area contributed by atoms with Gasteiger partial charge in [-0.05, 0) is 43.4 Å². The number of esters is 2. The number of nitrogens with one attached hydrogen (secondary N) is 1. The molecule has 0 fully saturated rings. The maximum Gasteiger partial charge on any atom is 0.328 e. The maximum absolute atomic E-state index is 12.6. The van der Waals surface area contributed by atoms with Gasteiger partial charge in [-0.1, -0.05) is 64.0 Å². The van der Waals surface area contributed by atoms with E-state index in [1.807, 2.05) is 0 Å². The Kier molecular flexibility index (Phi) is 16.8. The Morgan fingerprint density at radius 2 is 1.42 bits per heavy atom. The van der Waals surface area contributed by atoms with E-state index in [0.29, 0.717) is 25.7 Å². The number of ether oxygens (including phenoxy) is 2. The Morgan fingerprint density at radius 1 is 0.833 bits per heavy atom. The highest BCUT2D eigenvalue weighted by molar-refractivity contribution is 5.90. The molecule has 0 aliphatic heterocycles. The van der Waals surface area contributed by atoms with E-state index in [1.165, 1.54) is 14.2 Å². The van der Waals surface area contributed by atoms with Crippen molar-refractivity contribution in [3.63, 3.8) is 0 Å². The average Bonchev–Trinajstić information content (AvgIpc) is 2.88. The van der Waals surface area contributed by atoms with Crippen molar-refractivity contribution in [3.8, 4) is 5.75 Å². The molecule has 0 heterocycles. The predicted octanol–water partition coefficient (Wildman–Crippen LogP) is 5.78. The minimum Gasteiger partial charge on any atom is -0.508 e. The first-order chi connectivity index (χ1) is 17.4. The predicted molar refractivity (Wildman–Crippen MR) is 142 cm³/mol. The van der Waals surface area contributed by atoms with Crippen molar-refractivity contribution < 1.29 is 29.0 Å². The van der Waals surface area contributed by atoms with Gasteiger partial charge in [0, 0.05) is 31.0 Å². The van der Waals surface area contributed by atoms with E-state index < -0.39 is 12.0 Å². The molecule has 2 N–H and O–H groups in total. The molecule has 36 heavy (non-hydrogen) atoms. The number of phenolic OH excluding ortho intramolecular Hbond substituents is 1. The Hall–Kier alpha value is -2.83. The highest BCUT2D eigenvalue weighted by atomic mass is 16.5. The first kappa shape index (κ1) is 31.2. The van der Waals surface area contributed by atoms with Crippen molar-refractivity contribution >= 4 is 17.7 Å². The van der Waals surface area contributed by atoms with Crippen molar-refractivity contribution in [2.45, 2.75) is 103 Å². The average molecular weight is 504 g/mol. The molecule has 0 spiro atoms. The lowest BCUT2D eigenvalue weighted by Crippen LogP contribution is -2.39. The SMILES string of the molecule is CCCCCCC(=O)/C=C(/CCCCCCCCC(=O)OC)NC(Cc1ccc(O)cc1)C(=O)OC. The molecule has 1 aromatic carbocycles. The highest BCUT2D eigenvalue weighted by Gasteiger charge is 2.21. The van der Waals surface area contributed by atoms with Crippen LogP contribution in [0.5, 0.6) is 5.75 Å². The third kappa shape index (κ3) is 14.5. The molecule has 7 nitrogen and oxygen atoms in total. The van der Waals surface area contributed by atoms with Crippen LogP contribution in [0.15, 0.2) is 36.0 Å². The topological polar surface area (TPSA) is 102 Å². The number of ketones is 1. The van der Waals surface area contributed by atoms with Crippen molar-refractivity contribution in [3.05, 3.63) is 41.6 Å². The number of hydrogen-bond acceptors (Lipinski definition) is 7. The van der Waals surface area contributed by atoms with Gasteiger partial charge in [-0.15, -0.1) is 0 Å². The lowest BCUT2D eigenvalue weighted by atomic mass is 10.0. The Morgan fingerprint density at radius 3 is 2.03 bits per heavy atom. The van der Waals surface area contributed by atoms with Gasteiger partial charge >= 0.3 is 11.9 Å². The van der Waals surface area contributed by atoms with Gasteiger partial charge in [0.15, 0.2) is 5.78 Å².